The zero-order valence-corrected chi connectivity index (χ0v) is 11.5. The van der Waals surface area contributed by atoms with Crippen LogP contribution in [0, 0.1) is 0 Å². The minimum absolute atomic E-state index is 0.118. The number of carbonyl (C=O) groups is 1. The summed E-state index contributed by atoms with van der Waals surface area (Å²) < 4.78 is 4.93. The molecule has 0 bridgehead atoms. The van der Waals surface area contributed by atoms with E-state index in [0.29, 0.717) is 5.56 Å². The second kappa shape index (κ2) is 4.98. The van der Waals surface area contributed by atoms with Crippen molar-refractivity contribution in [2.45, 2.75) is 13.0 Å². The SMILES string of the molecule is CC(OC(N)=O)c1ccc2cc3ccccc3cc2c1O. The Morgan fingerprint density at radius 2 is 1.76 bits per heavy atom. The van der Waals surface area contributed by atoms with Gasteiger partial charge < -0.3 is 15.6 Å². The van der Waals surface area contributed by atoms with Gasteiger partial charge in [0.1, 0.15) is 11.9 Å². The number of nitrogens with two attached hydrogens (primary N) is 1. The van der Waals surface area contributed by atoms with Gasteiger partial charge in [0.25, 0.3) is 0 Å². The van der Waals surface area contributed by atoms with Crippen LogP contribution in [-0.4, -0.2) is 11.2 Å². The number of hydrogen-bond acceptors (Lipinski definition) is 3. The quantitative estimate of drug-likeness (QED) is 0.701. The monoisotopic (exact) mass is 281 g/mol. The Morgan fingerprint density at radius 1 is 1.10 bits per heavy atom. The lowest BCUT2D eigenvalue weighted by atomic mass is 9.99. The highest BCUT2D eigenvalue weighted by Gasteiger charge is 2.16. The molecular formula is C17H15NO3. The van der Waals surface area contributed by atoms with E-state index in [9.17, 15) is 9.90 Å². The Kier molecular flexibility index (Phi) is 3.14. The summed E-state index contributed by atoms with van der Waals surface area (Å²) in [5.41, 5.74) is 5.56. The Morgan fingerprint density at radius 3 is 2.43 bits per heavy atom. The first-order valence-corrected chi connectivity index (χ1v) is 6.66. The van der Waals surface area contributed by atoms with Gasteiger partial charge >= 0.3 is 6.09 Å². The molecule has 0 aliphatic carbocycles. The summed E-state index contributed by atoms with van der Waals surface area (Å²) in [6, 6.07) is 15.5. The number of primary amides is 1. The fraction of sp³-hybridized carbons (Fsp3) is 0.118. The molecule has 0 aliphatic rings. The number of hydrogen-bond donors (Lipinski definition) is 2. The highest BCUT2D eigenvalue weighted by molar-refractivity contribution is 6.01. The molecule has 1 amide bonds. The van der Waals surface area contributed by atoms with Crippen molar-refractivity contribution in [1.82, 2.24) is 0 Å². The van der Waals surface area contributed by atoms with Crippen molar-refractivity contribution in [3.8, 4) is 5.75 Å². The smallest absolute Gasteiger partial charge is 0.405 e. The molecule has 0 radical (unpaired) electrons. The van der Waals surface area contributed by atoms with Gasteiger partial charge in [-0.1, -0.05) is 36.4 Å². The zero-order valence-electron chi connectivity index (χ0n) is 11.5. The van der Waals surface area contributed by atoms with Crippen molar-refractivity contribution in [2.75, 3.05) is 0 Å². The molecule has 0 heterocycles. The third kappa shape index (κ3) is 2.36. The molecule has 0 fully saturated rings. The van der Waals surface area contributed by atoms with E-state index in [0.717, 1.165) is 21.5 Å². The molecule has 0 saturated heterocycles. The first-order valence-electron chi connectivity index (χ1n) is 6.66. The minimum Gasteiger partial charge on any atom is -0.507 e. The molecule has 4 heteroatoms. The van der Waals surface area contributed by atoms with Gasteiger partial charge in [-0.3, -0.25) is 0 Å². The van der Waals surface area contributed by atoms with Crippen molar-refractivity contribution in [3.05, 3.63) is 54.1 Å². The van der Waals surface area contributed by atoms with E-state index in [1.807, 2.05) is 42.5 Å². The summed E-state index contributed by atoms with van der Waals surface area (Å²) in [6.07, 6.45) is -1.46. The van der Waals surface area contributed by atoms with Gasteiger partial charge in [-0.05, 0) is 35.2 Å². The van der Waals surface area contributed by atoms with E-state index in [1.165, 1.54) is 0 Å². The Hall–Kier alpha value is -2.75. The van der Waals surface area contributed by atoms with E-state index < -0.39 is 12.2 Å². The highest BCUT2D eigenvalue weighted by atomic mass is 16.6. The van der Waals surface area contributed by atoms with Crippen LogP contribution >= 0.6 is 0 Å². The number of phenolic OH excluding ortho intramolecular Hbond substituents is 1. The maximum absolute atomic E-state index is 10.9. The fourth-order valence-electron chi connectivity index (χ4n) is 2.58. The average Bonchev–Trinajstić information content (AvgIpc) is 2.45. The van der Waals surface area contributed by atoms with Gasteiger partial charge in [0, 0.05) is 10.9 Å². The van der Waals surface area contributed by atoms with Crippen LogP contribution in [0.15, 0.2) is 48.5 Å². The molecule has 1 atom stereocenters. The molecule has 21 heavy (non-hydrogen) atoms. The van der Waals surface area contributed by atoms with Gasteiger partial charge in [0.05, 0.1) is 0 Å². The molecule has 0 aliphatic heterocycles. The summed E-state index contributed by atoms with van der Waals surface area (Å²) >= 11 is 0. The van der Waals surface area contributed by atoms with Crippen LogP contribution in [0.4, 0.5) is 4.79 Å². The first kappa shape index (κ1) is 13.2. The summed E-state index contributed by atoms with van der Waals surface area (Å²) in [5.74, 6) is 0.118. The van der Waals surface area contributed by atoms with Gasteiger partial charge in [0.2, 0.25) is 0 Å². The van der Waals surface area contributed by atoms with E-state index in [4.69, 9.17) is 10.5 Å². The van der Waals surface area contributed by atoms with E-state index in [1.54, 1.807) is 13.0 Å². The number of fused-ring (bicyclic) bond motifs is 2. The Balaban J connectivity index is 2.19. The molecule has 3 rings (SSSR count). The zero-order chi connectivity index (χ0) is 15.0. The number of carbonyl (C=O) groups excluding carboxylic acids is 1. The van der Waals surface area contributed by atoms with Crippen LogP contribution in [0.2, 0.25) is 0 Å². The predicted octanol–water partition coefficient (Wildman–Crippen LogP) is 3.85. The number of aromatic hydroxyl groups is 1. The number of ether oxygens (including phenoxy) is 1. The Labute approximate surface area is 121 Å². The molecule has 3 aromatic carbocycles. The van der Waals surface area contributed by atoms with Crippen LogP contribution < -0.4 is 5.73 Å². The predicted molar refractivity (Wildman–Crippen MR) is 82.2 cm³/mol. The molecule has 1 unspecified atom stereocenters. The van der Waals surface area contributed by atoms with E-state index >= 15 is 0 Å². The van der Waals surface area contributed by atoms with Crippen molar-refractivity contribution >= 4 is 27.6 Å². The standard InChI is InChI=1S/C17H15NO3/c1-10(21-17(18)20)14-7-6-13-8-11-4-2-3-5-12(11)9-15(13)16(14)19/h2-10,19H,1H3,(H2,18,20). The van der Waals surface area contributed by atoms with Crippen molar-refractivity contribution < 1.29 is 14.6 Å². The minimum atomic E-state index is -0.861. The van der Waals surface area contributed by atoms with Gasteiger partial charge in [-0.2, -0.15) is 0 Å². The van der Waals surface area contributed by atoms with Crippen LogP contribution in [0.3, 0.4) is 0 Å². The van der Waals surface area contributed by atoms with Crippen LogP contribution in [-0.2, 0) is 4.74 Å². The molecule has 0 aromatic heterocycles. The Bertz CT molecular complexity index is 842. The number of phenols is 1. The summed E-state index contributed by atoms with van der Waals surface area (Å²) in [4.78, 5) is 10.9. The normalized spacial score (nSPS) is 12.4. The fourth-order valence-corrected chi connectivity index (χ4v) is 2.58. The lowest BCUT2D eigenvalue weighted by Gasteiger charge is -2.15. The molecule has 3 N–H and O–H groups in total. The van der Waals surface area contributed by atoms with Crippen LogP contribution in [0.25, 0.3) is 21.5 Å². The molecular weight excluding hydrogens is 266 g/mol. The molecule has 3 aromatic rings. The second-order valence-electron chi connectivity index (χ2n) is 5.00. The molecule has 0 spiro atoms. The number of amides is 1. The molecule has 4 nitrogen and oxygen atoms in total. The van der Waals surface area contributed by atoms with Crippen molar-refractivity contribution in [1.29, 1.82) is 0 Å². The molecule has 106 valence electrons. The van der Waals surface area contributed by atoms with Crippen molar-refractivity contribution in [3.63, 3.8) is 0 Å². The second-order valence-corrected chi connectivity index (χ2v) is 5.00. The van der Waals surface area contributed by atoms with E-state index in [2.05, 4.69) is 0 Å². The van der Waals surface area contributed by atoms with Crippen molar-refractivity contribution in [2.24, 2.45) is 5.73 Å². The maximum atomic E-state index is 10.9. The lowest BCUT2D eigenvalue weighted by molar-refractivity contribution is 0.115. The molecule has 0 saturated carbocycles. The largest absolute Gasteiger partial charge is 0.507 e. The third-order valence-electron chi connectivity index (χ3n) is 3.62. The summed E-state index contributed by atoms with van der Waals surface area (Å²) in [7, 11) is 0. The maximum Gasteiger partial charge on any atom is 0.405 e. The van der Waals surface area contributed by atoms with Gasteiger partial charge in [0.15, 0.2) is 0 Å². The topological polar surface area (TPSA) is 72.5 Å². The average molecular weight is 281 g/mol. The summed E-state index contributed by atoms with van der Waals surface area (Å²) in [5, 5.41) is 14.3. The highest BCUT2D eigenvalue weighted by Crippen LogP contribution is 2.35. The summed E-state index contributed by atoms with van der Waals surface area (Å²) in [6.45, 7) is 1.67. The van der Waals surface area contributed by atoms with Gasteiger partial charge in [-0.25, -0.2) is 4.79 Å². The first-order chi connectivity index (χ1) is 10.1. The third-order valence-corrected chi connectivity index (χ3v) is 3.62. The van der Waals surface area contributed by atoms with E-state index in [-0.39, 0.29) is 5.75 Å². The number of rotatable bonds is 2. The van der Waals surface area contributed by atoms with Gasteiger partial charge in [-0.15, -0.1) is 0 Å². The number of benzene rings is 3. The van der Waals surface area contributed by atoms with Crippen LogP contribution in [0.1, 0.15) is 18.6 Å². The lowest BCUT2D eigenvalue weighted by Crippen LogP contribution is -2.15. The van der Waals surface area contributed by atoms with Crippen LogP contribution in [0.5, 0.6) is 5.75 Å².